The molecule has 0 fully saturated rings. The minimum atomic E-state index is -1.38. The summed E-state index contributed by atoms with van der Waals surface area (Å²) in [4.78, 5) is 39.2. The Labute approximate surface area is 149 Å². The maximum absolute atomic E-state index is 10.2. The molecule has 0 aromatic heterocycles. The molecule has 2 N–H and O–H groups in total. The van der Waals surface area contributed by atoms with Crippen LogP contribution in [-0.4, -0.2) is 46.9 Å². The molecule has 0 amide bonds. The summed E-state index contributed by atoms with van der Waals surface area (Å²) in [7, 11) is 0. The van der Waals surface area contributed by atoms with E-state index >= 15 is 0 Å². The van der Waals surface area contributed by atoms with Gasteiger partial charge in [-0.3, -0.25) is 9.59 Å². The second-order valence-corrected chi connectivity index (χ2v) is 3.10. The lowest BCUT2D eigenvalue weighted by Crippen LogP contribution is -2.13. The van der Waals surface area contributed by atoms with Gasteiger partial charge in [-0.1, -0.05) is 11.8 Å². The standard InChI is InChI=1S/C6H6O3.C6H2.C3H4O3.C3H4O.2H2/c1-3-4-9-6(8)5(2)7;1-3-5-6-4-2;1-2(4)3(5)6;1-2-3-4;;/h1H,4H2,2H3;1-2H;1H3,(H,5,6);1,4H,3H2;2*1H. The lowest BCUT2D eigenvalue weighted by atomic mass is 10.5. The van der Waals surface area contributed by atoms with Gasteiger partial charge in [0.25, 0.3) is 0 Å². The van der Waals surface area contributed by atoms with Crippen molar-refractivity contribution in [2.24, 2.45) is 0 Å². The molecule has 0 aromatic carbocycles. The topological polar surface area (TPSA) is 118 Å². The van der Waals surface area contributed by atoms with Crippen LogP contribution in [0, 0.1) is 61.2 Å². The third kappa shape index (κ3) is 45.0. The van der Waals surface area contributed by atoms with E-state index in [0.717, 1.165) is 13.8 Å². The van der Waals surface area contributed by atoms with Gasteiger partial charge < -0.3 is 14.9 Å². The second-order valence-electron chi connectivity index (χ2n) is 3.10. The van der Waals surface area contributed by atoms with Crippen molar-refractivity contribution >= 4 is 23.5 Å². The van der Waals surface area contributed by atoms with E-state index < -0.39 is 23.5 Å². The monoisotopic (exact) mass is 348 g/mol. The zero-order chi connectivity index (χ0) is 20.7. The fourth-order valence-electron chi connectivity index (χ4n) is 0.281. The number of carboxylic acids is 1. The van der Waals surface area contributed by atoms with Crippen LogP contribution in [0.25, 0.3) is 0 Å². The van der Waals surface area contributed by atoms with Crippen molar-refractivity contribution in [1.82, 2.24) is 0 Å². The number of ether oxygens (including phenoxy) is 1. The second kappa shape index (κ2) is 25.0. The summed E-state index contributed by atoms with van der Waals surface area (Å²) in [5.74, 6) is 8.93. The van der Waals surface area contributed by atoms with Gasteiger partial charge in [-0.25, -0.2) is 9.59 Å². The van der Waals surface area contributed by atoms with Crippen molar-refractivity contribution in [3.8, 4) is 61.2 Å². The number of rotatable bonds is 3. The maximum atomic E-state index is 10.2. The molecule has 134 valence electrons. The molecule has 0 saturated heterocycles. The first-order valence-corrected chi connectivity index (χ1v) is 5.96. The lowest BCUT2D eigenvalue weighted by molar-refractivity contribution is -0.151. The van der Waals surface area contributed by atoms with Crippen LogP contribution in [0.5, 0.6) is 0 Å². The van der Waals surface area contributed by atoms with Gasteiger partial charge in [-0.05, 0) is 23.7 Å². The Hall–Kier alpha value is -3.96. The fourth-order valence-corrected chi connectivity index (χ4v) is 0.281. The van der Waals surface area contributed by atoms with Crippen molar-refractivity contribution in [3.05, 3.63) is 0 Å². The van der Waals surface area contributed by atoms with Crippen LogP contribution >= 0.6 is 0 Å². The summed E-state index contributed by atoms with van der Waals surface area (Å²) in [5, 5.41) is 15.3. The summed E-state index contributed by atoms with van der Waals surface area (Å²) in [5.41, 5.74) is 0. The SMILES string of the molecule is C#CC#CC#C.C#CCO.C#CCOC(=O)C(C)=O.CC(=O)C(=O)O.[HH].[HH]. The van der Waals surface area contributed by atoms with Crippen LogP contribution in [0.15, 0.2) is 0 Å². The van der Waals surface area contributed by atoms with E-state index in [-0.39, 0.29) is 16.1 Å². The molecular weight excluding hydrogens is 328 g/mol. The van der Waals surface area contributed by atoms with Gasteiger partial charge in [0, 0.05) is 16.7 Å². The number of hydrogen-bond donors (Lipinski definition) is 2. The fraction of sp³-hybridized carbons (Fsp3) is 0.222. The van der Waals surface area contributed by atoms with E-state index in [2.05, 4.69) is 40.8 Å². The highest BCUT2D eigenvalue weighted by molar-refractivity contribution is 6.32. The first kappa shape index (κ1) is 29.1. The van der Waals surface area contributed by atoms with E-state index in [0.29, 0.717) is 0 Å². The number of aliphatic carboxylic acids is 1. The highest BCUT2D eigenvalue weighted by atomic mass is 16.5. The molecule has 0 saturated carbocycles. The van der Waals surface area contributed by atoms with Crippen LogP contribution in [0.2, 0.25) is 0 Å². The molecule has 0 radical (unpaired) electrons. The Morgan fingerprint density at radius 1 is 0.920 bits per heavy atom. The number of ketones is 2. The predicted octanol–water partition coefficient (Wildman–Crippen LogP) is -0.228. The maximum Gasteiger partial charge on any atom is 0.375 e. The van der Waals surface area contributed by atoms with Gasteiger partial charge in [-0.15, -0.1) is 25.7 Å². The van der Waals surface area contributed by atoms with Gasteiger partial charge in [0.05, 0.1) is 0 Å². The third-order valence-electron chi connectivity index (χ3n) is 1.17. The van der Waals surface area contributed by atoms with Crippen LogP contribution in [0.4, 0.5) is 0 Å². The van der Waals surface area contributed by atoms with E-state index in [1.54, 1.807) is 0 Å². The average molecular weight is 348 g/mol. The molecule has 0 aliphatic heterocycles. The largest absolute Gasteiger partial charge is 0.476 e. The number of hydrogen-bond acceptors (Lipinski definition) is 6. The van der Waals surface area contributed by atoms with Crippen molar-refractivity contribution in [2.45, 2.75) is 13.8 Å². The van der Waals surface area contributed by atoms with E-state index in [4.69, 9.17) is 29.5 Å². The Morgan fingerprint density at radius 2 is 1.28 bits per heavy atom. The molecule has 7 heteroatoms. The highest BCUT2D eigenvalue weighted by Crippen LogP contribution is 1.77. The molecule has 0 spiro atoms. The molecule has 7 nitrogen and oxygen atoms in total. The number of carbonyl (C=O) groups excluding carboxylic acids is 3. The summed E-state index contributed by atoms with van der Waals surface area (Å²) >= 11 is 0. The molecule has 0 aliphatic carbocycles. The minimum Gasteiger partial charge on any atom is -0.476 e. The highest BCUT2D eigenvalue weighted by Gasteiger charge is 2.06. The summed E-state index contributed by atoms with van der Waals surface area (Å²) in [6.07, 6.45) is 18.7. The zero-order valence-corrected chi connectivity index (χ0v) is 13.7. The van der Waals surface area contributed by atoms with Crippen molar-refractivity contribution < 1.29 is 37.0 Å². The first-order chi connectivity index (χ1) is 11.7. The number of carboxylic acid groups (broad SMARTS) is 1. The Bertz CT molecular complexity index is 642. The molecule has 0 atom stereocenters. The predicted molar refractivity (Wildman–Crippen MR) is 94.4 cm³/mol. The molecule has 0 rings (SSSR count). The quantitative estimate of drug-likeness (QED) is 0.411. The third-order valence-corrected chi connectivity index (χ3v) is 1.17. The van der Waals surface area contributed by atoms with Crippen LogP contribution < -0.4 is 0 Å². The zero-order valence-electron chi connectivity index (χ0n) is 13.7. The summed E-state index contributed by atoms with van der Waals surface area (Å²) in [6, 6.07) is 0. The van der Waals surface area contributed by atoms with Crippen LogP contribution in [0.3, 0.4) is 0 Å². The molecule has 0 bridgehead atoms. The number of esters is 1. The van der Waals surface area contributed by atoms with E-state index in [9.17, 15) is 19.2 Å². The van der Waals surface area contributed by atoms with Gasteiger partial charge in [0.2, 0.25) is 11.6 Å². The van der Waals surface area contributed by atoms with Crippen molar-refractivity contribution in [3.63, 3.8) is 0 Å². The smallest absolute Gasteiger partial charge is 0.375 e. The van der Waals surface area contributed by atoms with Gasteiger partial charge in [-0.2, -0.15) is 0 Å². The normalized spacial score (nSPS) is 6.04. The Morgan fingerprint density at radius 3 is 1.44 bits per heavy atom. The number of aliphatic hydroxyl groups excluding tert-OH is 1. The summed E-state index contributed by atoms with van der Waals surface area (Å²) in [6.45, 7) is 1.83. The first-order valence-electron chi connectivity index (χ1n) is 5.96. The average Bonchev–Trinajstić information content (AvgIpc) is 2.58. The van der Waals surface area contributed by atoms with Gasteiger partial charge in [0.15, 0.2) is 6.61 Å². The molecule has 0 unspecified atom stereocenters. The molecule has 25 heavy (non-hydrogen) atoms. The van der Waals surface area contributed by atoms with E-state index in [1.165, 1.54) is 0 Å². The number of aliphatic hydroxyl groups is 1. The van der Waals surface area contributed by atoms with Gasteiger partial charge >= 0.3 is 11.9 Å². The Kier molecular flexibility index (Phi) is 29.1. The molecule has 0 heterocycles. The van der Waals surface area contributed by atoms with E-state index in [1.807, 2.05) is 5.92 Å². The van der Waals surface area contributed by atoms with Crippen molar-refractivity contribution in [1.29, 1.82) is 0 Å². The number of Topliss-reactive ketones (excluding diaryl/α,β-unsaturated/α-hetero) is 2. The Balaban J connectivity index is -0.0000000552. The van der Waals surface area contributed by atoms with Crippen LogP contribution in [-0.2, 0) is 23.9 Å². The molecular formula is C18H20O7. The lowest BCUT2D eigenvalue weighted by Gasteiger charge is -1.92. The number of carbonyl (C=O) groups is 4. The van der Waals surface area contributed by atoms with Crippen molar-refractivity contribution in [2.75, 3.05) is 13.2 Å². The molecule has 0 aliphatic rings. The number of terminal acetylenes is 4. The molecule has 0 aromatic rings. The van der Waals surface area contributed by atoms with Gasteiger partial charge in [0.1, 0.15) is 6.61 Å². The summed E-state index contributed by atoms with van der Waals surface area (Å²) < 4.78 is 4.23. The minimum absolute atomic E-state index is 0. The van der Waals surface area contributed by atoms with Crippen LogP contribution in [0.1, 0.15) is 16.7 Å².